The maximum atomic E-state index is 14.1. The van der Waals surface area contributed by atoms with Gasteiger partial charge in [-0.1, -0.05) is 23.7 Å². The number of halogens is 2. The van der Waals surface area contributed by atoms with Crippen LogP contribution in [0.1, 0.15) is 5.56 Å². The lowest BCUT2D eigenvalue weighted by Gasteiger charge is -2.10. The standard InChI is InChI=1S/C19H13ClFN3O2S/c1-10-5-6-11(20)7-13(10)23-15(25)8-24-9-22-17-16-12(21)3-2-4-14(16)27-18(17)19(24)26/h2-7,9H,8H2,1H3,(H,23,25). The molecule has 0 radical (unpaired) electrons. The molecule has 1 amide bonds. The molecule has 0 aliphatic rings. The Balaban J connectivity index is 1.68. The molecule has 2 heterocycles. The van der Waals surface area contributed by atoms with E-state index in [1.165, 1.54) is 28.3 Å². The maximum absolute atomic E-state index is 14.1. The van der Waals surface area contributed by atoms with Crippen molar-refractivity contribution < 1.29 is 9.18 Å². The first kappa shape index (κ1) is 17.6. The van der Waals surface area contributed by atoms with Crippen LogP contribution in [0.3, 0.4) is 0 Å². The molecule has 2 aromatic heterocycles. The van der Waals surface area contributed by atoms with Crippen LogP contribution in [-0.4, -0.2) is 15.5 Å². The van der Waals surface area contributed by atoms with Crippen molar-refractivity contribution in [2.24, 2.45) is 0 Å². The largest absolute Gasteiger partial charge is 0.324 e. The Morgan fingerprint density at radius 1 is 1.33 bits per heavy atom. The zero-order valence-corrected chi connectivity index (χ0v) is 15.7. The van der Waals surface area contributed by atoms with E-state index in [2.05, 4.69) is 10.3 Å². The molecule has 27 heavy (non-hydrogen) atoms. The second-order valence-electron chi connectivity index (χ2n) is 6.08. The fourth-order valence-corrected chi connectivity index (χ4v) is 4.15. The Bertz CT molecular complexity index is 1270. The number of hydrogen-bond donors (Lipinski definition) is 1. The number of aryl methyl sites for hydroxylation is 1. The van der Waals surface area contributed by atoms with Crippen LogP contribution >= 0.6 is 22.9 Å². The van der Waals surface area contributed by atoms with Gasteiger partial charge in [0.2, 0.25) is 5.91 Å². The molecule has 0 saturated heterocycles. The summed E-state index contributed by atoms with van der Waals surface area (Å²) in [4.78, 5) is 29.3. The second kappa shape index (κ2) is 6.75. The number of hydrogen-bond acceptors (Lipinski definition) is 4. The van der Waals surface area contributed by atoms with E-state index in [1.807, 2.05) is 6.92 Å². The SMILES string of the molecule is Cc1ccc(Cl)cc1NC(=O)Cn1cnc2c(sc3cccc(F)c32)c1=O. The predicted molar refractivity (Wildman–Crippen MR) is 106 cm³/mol. The third kappa shape index (κ3) is 3.20. The smallest absolute Gasteiger partial charge is 0.271 e. The molecule has 0 bridgehead atoms. The van der Waals surface area contributed by atoms with E-state index in [9.17, 15) is 14.0 Å². The van der Waals surface area contributed by atoms with E-state index in [-0.39, 0.29) is 18.0 Å². The van der Waals surface area contributed by atoms with Gasteiger partial charge in [0.25, 0.3) is 5.56 Å². The van der Waals surface area contributed by atoms with Crippen LogP contribution in [0.25, 0.3) is 20.3 Å². The first-order chi connectivity index (χ1) is 12.9. The van der Waals surface area contributed by atoms with E-state index >= 15 is 0 Å². The Hall–Kier alpha value is -2.77. The fourth-order valence-electron chi connectivity index (χ4n) is 2.86. The zero-order chi connectivity index (χ0) is 19.1. The molecule has 136 valence electrons. The molecule has 0 spiro atoms. The molecule has 0 unspecified atom stereocenters. The van der Waals surface area contributed by atoms with Gasteiger partial charge in [0.15, 0.2) is 0 Å². The highest BCUT2D eigenvalue weighted by Crippen LogP contribution is 2.31. The first-order valence-electron chi connectivity index (χ1n) is 8.06. The lowest BCUT2D eigenvalue weighted by atomic mass is 10.2. The normalized spacial score (nSPS) is 11.2. The predicted octanol–water partition coefficient (Wildman–Crippen LogP) is 4.35. The Morgan fingerprint density at radius 3 is 2.96 bits per heavy atom. The number of nitrogens with zero attached hydrogens (tertiary/aromatic N) is 2. The van der Waals surface area contributed by atoms with Crippen LogP contribution in [0, 0.1) is 12.7 Å². The minimum Gasteiger partial charge on any atom is -0.324 e. The summed E-state index contributed by atoms with van der Waals surface area (Å²) in [6.07, 6.45) is 1.27. The van der Waals surface area contributed by atoms with Crippen LogP contribution < -0.4 is 10.9 Å². The highest BCUT2D eigenvalue weighted by Gasteiger charge is 2.16. The van der Waals surface area contributed by atoms with Gasteiger partial charge in [0.1, 0.15) is 17.1 Å². The quantitative estimate of drug-likeness (QED) is 0.555. The summed E-state index contributed by atoms with van der Waals surface area (Å²) in [5.74, 6) is -0.798. The van der Waals surface area contributed by atoms with Crippen LogP contribution in [-0.2, 0) is 11.3 Å². The van der Waals surface area contributed by atoms with Gasteiger partial charge in [-0.05, 0) is 36.8 Å². The van der Waals surface area contributed by atoms with Crippen molar-refractivity contribution in [3.63, 3.8) is 0 Å². The molecule has 0 fully saturated rings. The molecule has 0 aliphatic heterocycles. The molecule has 1 N–H and O–H groups in total. The van der Waals surface area contributed by atoms with Gasteiger partial charge in [-0.15, -0.1) is 11.3 Å². The van der Waals surface area contributed by atoms with E-state index in [0.717, 1.165) is 5.56 Å². The highest BCUT2D eigenvalue weighted by atomic mass is 35.5. The van der Waals surface area contributed by atoms with Crippen molar-refractivity contribution in [3.05, 3.63) is 69.5 Å². The topological polar surface area (TPSA) is 64.0 Å². The molecule has 5 nitrogen and oxygen atoms in total. The lowest BCUT2D eigenvalue weighted by molar-refractivity contribution is -0.116. The lowest BCUT2D eigenvalue weighted by Crippen LogP contribution is -2.27. The molecule has 4 aromatic rings. The van der Waals surface area contributed by atoms with E-state index in [1.54, 1.807) is 30.3 Å². The fraction of sp³-hybridized carbons (Fsp3) is 0.105. The third-order valence-electron chi connectivity index (χ3n) is 4.21. The van der Waals surface area contributed by atoms with Crippen LogP contribution in [0.5, 0.6) is 0 Å². The number of rotatable bonds is 3. The zero-order valence-electron chi connectivity index (χ0n) is 14.1. The number of anilines is 1. The summed E-state index contributed by atoms with van der Waals surface area (Å²) in [5.41, 5.74) is 1.38. The summed E-state index contributed by atoms with van der Waals surface area (Å²) in [5, 5.41) is 3.58. The number of fused-ring (bicyclic) bond motifs is 3. The Kier molecular flexibility index (Phi) is 4.41. The first-order valence-corrected chi connectivity index (χ1v) is 9.25. The average molecular weight is 402 g/mol. The number of thiophene rings is 1. The number of carbonyl (C=O) groups excluding carboxylic acids is 1. The molecular weight excluding hydrogens is 389 g/mol. The number of amides is 1. The molecule has 8 heteroatoms. The monoisotopic (exact) mass is 401 g/mol. The van der Waals surface area contributed by atoms with Gasteiger partial charge in [-0.25, -0.2) is 9.37 Å². The van der Waals surface area contributed by atoms with Gasteiger partial charge in [-0.2, -0.15) is 0 Å². The van der Waals surface area contributed by atoms with Gasteiger partial charge < -0.3 is 5.32 Å². The number of carbonyl (C=O) groups is 1. The van der Waals surface area contributed by atoms with Crippen molar-refractivity contribution in [2.75, 3.05) is 5.32 Å². The molecule has 4 rings (SSSR count). The van der Waals surface area contributed by atoms with Crippen LogP contribution in [0.15, 0.2) is 47.5 Å². The minimum absolute atomic E-state index is 0.204. The Labute approximate surface area is 162 Å². The van der Waals surface area contributed by atoms with Gasteiger partial charge >= 0.3 is 0 Å². The molecule has 0 saturated carbocycles. The van der Waals surface area contributed by atoms with E-state index < -0.39 is 5.82 Å². The molecule has 0 atom stereocenters. The van der Waals surface area contributed by atoms with Crippen LogP contribution in [0.4, 0.5) is 10.1 Å². The summed E-state index contributed by atoms with van der Waals surface area (Å²) < 4.78 is 16.3. The van der Waals surface area contributed by atoms with Crippen molar-refractivity contribution in [1.29, 1.82) is 0 Å². The van der Waals surface area contributed by atoms with Crippen molar-refractivity contribution in [2.45, 2.75) is 13.5 Å². The molecule has 0 aliphatic carbocycles. The van der Waals surface area contributed by atoms with E-state index in [0.29, 0.717) is 31.0 Å². The summed E-state index contributed by atoms with van der Waals surface area (Å²) >= 11 is 7.12. The summed E-state index contributed by atoms with van der Waals surface area (Å²) in [6, 6.07) is 9.84. The second-order valence-corrected chi connectivity index (χ2v) is 7.57. The number of aromatic nitrogens is 2. The Morgan fingerprint density at radius 2 is 2.15 bits per heavy atom. The average Bonchev–Trinajstić information content (AvgIpc) is 3.01. The third-order valence-corrected chi connectivity index (χ3v) is 5.58. The summed E-state index contributed by atoms with van der Waals surface area (Å²) in [7, 11) is 0. The van der Waals surface area contributed by atoms with Gasteiger partial charge in [0.05, 0.1) is 17.2 Å². The maximum Gasteiger partial charge on any atom is 0.271 e. The number of benzene rings is 2. The molecular formula is C19H13ClFN3O2S. The van der Waals surface area contributed by atoms with E-state index in [4.69, 9.17) is 11.6 Å². The van der Waals surface area contributed by atoms with Crippen molar-refractivity contribution in [1.82, 2.24) is 9.55 Å². The number of nitrogens with one attached hydrogen (secondary N) is 1. The highest BCUT2D eigenvalue weighted by molar-refractivity contribution is 7.25. The van der Waals surface area contributed by atoms with Gasteiger partial charge in [0, 0.05) is 15.4 Å². The van der Waals surface area contributed by atoms with Crippen LogP contribution in [0.2, 0.25) is 5.02 Å². The summed E-state index contributed by atoms with van der Waals surface area (Å²) in [6.45, 7) is 1.64. The minimum atomic E-state index is -0.419. The van der Waals surface area contributed by atoms with Gasteiger partial charge in [-0.3, -0.25) is 14.2 Å². The van der Waals surface area contributed by atoms with Crippen molar-refractivity contribution in [3.8, 4) is 0 Å². The van der Waals surface area contributed by atoms with Crippen molar-refractivity contribution >= 4 is 54.8 Å². The molecule has 2 aromatic carbocycles.